The van der Waals surface area contributed by atoms with Crippen molar-refractivity contribution in [2.24, 2.45) is 0 Å². The summed E-state index contributed by atoms with van der Waals surface area (Å²) in [5.74, 6) is -1.68. The Labute approximate surface area is 196 Å². The van der Waals surface area contributed by atoms with Crippen LogP contribution in [0.3, 0.4) is 0 Å². The highest BCUT2D eigenvalue weighted by atomic mass is 19.1. The fourth-order valence-electron chi connectivity index (χ4n) is 4.01. The Morgan fingerprint density at radius 3 is 2.69 bits per heavy atom. The van der Waals surface area contributed by atoms with E-state index in [2.05, 4.69) is 30.7 Å². The minimum absolute atomic E-state index is 0.104. The third-order valence-corrected chi connectivity index (χ3v) is 5.52. The number of carboxylic acid groups (broad SMARTS) is 1. The normalized spacial score (nSPS) is 13.3. The summed E-state index contributed by atoms with van der Waals surface area (Å²) in [6, 6.07) is 7.20. The van der Waals surface area contributed by atoms with Gasteiger partial charge in [-0.05, 0) is 41.3 Å². The number of nitrogens with one attached hydrogen (secondary N) is 2. The Kier molecular flexibility index (Phi) is 5.61. The Bertz CT molecular complexity index is 1420. The van der Waals surface area contributed by atoms with Gasteiger partial charge in [-0.25, -0.2) is 28.5 Å². The van der Waals surface area contributed by atoms with E-state index in [1.807, 2.05) is 0 Å². The molecule has 0 saturated carbocycles. The average Bonchev–Trinajstić information content (AvgIpc) is 3.48. The highest BCUT2D eigenvalue weighted by Crippen LogP contribution is 2.31. The fourth-order valence-corrected chi connectivity index (χ4v) is 4.01. The van der Waals surface area contributed by atoms with Gasteiger partial charge < -0.3 is 15.7 Å². The molecular weight excluding hydrogens is 460 g/mol. The quantitative estimate of drug-likeness (QED) is 0.389. The van der Waals surface area contributed by atoms with Crippen LogP contribution in [-0.4, -0.2) is 41.8 Å². The molecule has 0 fully saturated rings. The van der Waals surface area contributed by atoms with Gasteiger partial charge in [0.1, 0.15) is 24.3 Å². The van der Waals surface area contributed by atoms with E-state index >= 15 is 0 Å². The summed E-state index contributed by atoms with van der Waals surface area (Å²) in [6.45, 7) is 0.414. The van der Waals surface area contributed by atoms with Gasteiger partial charge in [-0.2, -0.15) is 9.78 Å². The lowest BCUT2D eigenvalue weighted by atomic mass is 9.94. The summed E-state index contributed by atoms with van der Waals surface area (Å²) in [5, 5.41) is 18.7. The summed E-state index contributed by atoms with van der Waals surface area (Å²) < 4.78 is 29.0. The van der Waals surface area contributed by atoms with E-state index in [-0.39, 0.29) is 29.5 Å². The fraction of sp³-hybridized carbons (Fsp3) is 0.130. The molecule has 0 spiro atoms. The van der Waals surface area contributed by atoms with Crippen LogP contribution in [0.15, 0.2) is 55.2 Å². The summed E-state index contributed by atoms with van der Waals surface area (Å²) in [4.78, 5) is 36.6. The molecule has 1 aliphatic rings. The summed E-state index contributed by atoms with van der Waals surface area (Å²) in [5.41, 5.74) is 2.78. The SMILES string of the molecule is O=C(O)NC(Cc1cc(F)cc(F)c1)c1nc(-n2cncn2)ncc1-c1ccc2c(c1)C(=O)NC2. The van der Waals surface area contributed by atoms with Crippen molar-refractivity contribution in [2.75, 3.05) is 0 Å². The minimum atomic E-state index is -1.35. The first-order valence-corrected chi connectivity index (χ1v) is 10.5. The first-order chi connectivity index (χ1) is 16.9. The number of benzene rings is 2. The van der Waals surface area contributed by atoms with Crippen molar-refractivity contribution in [3.8, 4) is 17.1 Å². The monoisotopic (exact) mass is 477 g/mol. The predicted molar refractivity (Wildman–Crippen MR) is 118 cm³/mol. The van der Waals surface area contributed by atoms with Crippen molar-refractivity contribution >= 4 is 12.0 Å². The minimum Gasteiger partial charge on any atom is -0.465 e. The lowest BCUT2D eigenvalue weighted by molar-refractivity contribution is 0.0965. The van der Waals surface area contributed by atoms with E-state index < -0.39 is 23.8 Å². The Hall–Kier alpha value is -4.74. The number of amides is 2. The number of aromatic nitrogens is 5. The number of hydrogen-bond donors (Lipinski definition) is 3. The molecule has 4 aromatic rings. The molecule has 12 heteroatoms. The molecule has 1 atom stereocenters. The van der Waals surface area contributed by atoms with Crippen LogP contribution in [-0.2, 0) is 13.0 Å². The van der Waals surface area contributed by atoms with Crippen LogP contribution in [0.4, 0.5) is 13.6 Å². The van der Waals surface area contributed by atoms with Crippen LogP contribution in [0.5, 0.6) is 0 Å². The number of carbonyl (C=O) groups is 2. The average molecular weight is 477 g/mol. The van der Waals surface area contributed by atoms with Crippen molar-refractivity contribution in [1.29, 1.82) is 0 Å². The topological polar surface area (TPSA) is 135 Å². The van der Waals surface area contributed by atoms with Gasteiger partial charge in [-0.15, -0.1) is 0 Å². The maximum absolute atomic E-state index is 13.8. The molecule has 0 bridgehead atoms. The molecule has 5 rings (SSSR count). The van der Waals surface area contributed by atoms with E-state index in [0.717, 1.165) is 23.8 Å². The summed E-state index contributed by atoms with van der Waals surface area (Å²) >= 11 is 0. The Morgan fingerprint density at radius 1 is 1.17 bits per heavy atom. The van der Waals surface area contributed by atoms with Crippen molar-refractivity contribution in [3.63, 3.8) is 0 Å². The second-order valence-electron chi connectivity index (χ2n) is 7.85. The molecule has 3 heterocycles. The number of hydrogen-bond acceptors (Lipinski definition) is 6. The highest BCUT2D eigenvalue weighted by Gasteiger charge is 2.25. The number of rotatable bonds is 6. The van der Waals surface area contributed by atoms with Gasteiger partial charge in [0.25, 0.3) is 11.9 Å². The number of nitrogens with zero attached hydrogens (tertiary/aromatic N) is 5. The lowest BCUT2D eigenvalue weighted by Gasteiger charge is -2.21. The van der Waals surface area contributed by atoms with Crippen molar-refractivity contribution in [1.82, 2.24) is 35.4 Å². The van der Waals surface area contributed by atoms with Crippen molar-refractivity contribution < 1.29 is 23.5 Å². The van der Waals surface area contributed by atoms with Gasteiger partial charge >= 0.3 is 6.09 Å². The van der Waals surface area contributed by atoms with Crippen LogP contribution in [0.1, 0.15) is 33.2 Å². The Morgan fingerprint density at radius 2 is 1.97 bits per heavy atom. The second-order valence-corrected chi connectivity index (χ2v) is 7.85. The number of fused-ring (bicyclic) bond motifs is 1. The molecule has 1 unspecified atom stereocenters. The van der Waals surface area contributed by atoms with E-state index in [1.54, 1.807) is 18.2 Å². The third kappa shape index (κ3) is 4.53. The number of halogens is 2. The molecule has 0 radical (unpaired) electrons. The molecule has 176 valence electrons. The van der Waals surface area contributed by atoms with Crippen LogP contribution in [0.25, 0.3) is 17.1 Å². The van der Waals surface area contributed by atoms with Gasteiger partial charge in [0.2, 0.25) is 0 Å². The molecule has 0 aliphatic carbocycles. The zero-order valence-electron chi connectivity index (χ0n) is 17.9. The van der Waals surface area contributed by atoms with E-state index in [9.17, 15) is 23.5 Å². The van der Waals surface area contributed by atoms with Gasteiger partial charge in [0, 0.05) is 29.9 Å². The Balaban J connectivity index is 1.65. The molecule has 2 aromatic carbocycles. The van der Waals surface area contributed by atoms with Gasteiger partial charge in [-0.1, -0.05) is 12.1 Å². The largest absolute Gasteiger partial charge is 0.465 e. The van der Waals surface area contributed by atoms with E-state index in [4.69, 9.17) is 0 Å². The van der Waals surface area contributed by atoms with Gasteiger partial charge in [0.15, 0.2) is 0 Å². The van der Waals surface area contributed by atoms with Crippen LogP contribution in [0, 0.1) is 11.6 Å². The van der Waals surface area contributed by atoms with Crippen LogP contribution in [0.2, 0.25) is 0 Å². The first-order valence-electron chi connectivity index (χ1n) is 10.5. The predicted octanol–water partition coefficient (Wildman–Crippen LogP) is 2.80. The molecule has 0 saturated heterocycles. The third-order valence-electron chi connectivity index (χ3n) is 5.52. The zero-order chi connectivity index (χ0) is 24.5. The summed E-state index contributed by atoms with van der Waals surface area (Å²) in [6.07, 6.45) is 2.69. The second kappa shape index (κ2) is 8.89. The smallest absolute Gasteiger partial charge is 0.405 e. The van der Waals surface area contributed by atoms with Crippen molar-refractivity contribution in [2.45, 2.75) is 19.0 Å². The van der Waals surface area contributed by atoms with E-state index in [1.165, 1.54) is 23.5 Å². The molecule has 2 aromatic heterocycles. The van der Waals surface area contributed by atoms with Crippen LogP contribution >= 0.6 is 0 Å². The summed E-state index contributed by atoms with van der Waals surface area (Å²) in [7, 11) is 0. The highest BCUT2D eigenvalue weighted by molar-refractivity contribution is 5.99. The molecular formula is C23H17F2N7O3. The molecule has 35 heavy (non-hydrogen) atoms. The lowest BCUT2D eigenvalue weighted by Crippen LogP contribution is -2.30. The van der Waals surface area contributed by atoms with Gasteiger partial charge in [-0.3, -0.25) is 4.79 Å². The maximum atomic E-state index is 13.8. The van der Waals surface area contributed by atoms with Crippen LogP contribution < -0.4 is 10.6 Å². The molecule has 2 amide bonds. The van der Waals surface area contributed by atoms with Gasteiger partial charge in [0.05, 0.1) is 11.7 Å². The van der Waals surface area contributed by atoms with E-state index in [0.29, 0.717) is 23.2 Å². The maximum Gasteiger partial charge on any atom is 0.405 e. The zero-order valence-corrected chi connectivity index (χ0v) is 17.9. The molecule has 10 nitrogen and oxygen atoms in total. The van der Waals surface area contributed by atoms with Crippen molar-refractivity contribution in [3.05, 3.63) is 89.3 Å². The molecule has 3 N–H and O–H groups in total. The first kappa shape index (κ1) is 22.1. The molecule has 1 aliphatic heterocycles. The standard InChI is InChI=1S/C23H17F2N7O3/c24-15-3-12(4-16(25)7-15)5-19(30-23(34)35)20-18(9-28-22(31-20)32-11-26-10-29-32)13-1-2-14-8-27-21(33)17(14)6-13/h1-4,6-7,9-11,19,30H,5,8H2,(H,27,33)(H,34,35). The number of carbonyl (C=O) groups excluding carboxylic acids is 1.